The summed E-state index contributed by atoms with van der Waals surface area (Å²) in [5.74, 6) is 1.16. The van der Waals surface area contributed by atoms with Gasteiger partial charge in [-0.3, -0.25) is 14.0 Å². The van der Waals surface area contributed by atoms with Crippen LogP contribution in [0.3, 0.4) is 0 Å². The summed E-state index contributed by atoms with van der Waals surface area (Å²) in [5.41, 5.74) is 7.40. The minimum Gasteiger partial charge on any atom is -0.492 e. The Bertz CT molecular complexity index is 1190. The summed E-state index contributed by atoms with van der Waals surface area (Å²) in [4.78, 5) is 28.4. The molecule has 8 heteroatoms. The Labute approximate surface area is 165 Å². The number of H-pyrrole nitrogens is 1. The highest BCUT2D eigenvalue weighted by molar-refractivity contribution is 7.12. The van der Waals surface area contributed by atoms with Gasteiger partial charge in [0.1, 0.15) is 10.2 Å². The molecule has 0 amide bonds. The summed E-state index contributed by atoms with van der Waals surface area (Å²) >= 11 is 1.24. The fourth-order valence-corrected chi connectivity index (χ4v) is 5.37. The topological polar surface area (TPSA) is 93.3 Å². The van der Waals surface area contributed by atoms with E-state index in [9.17, 15) is 9.59 Å². The standard InChI is InChI=1S/C20H24N4O3S/c1-10(21)11-7-8-23(9-11)14-6-5-13-16(18(14)27-2)24(12-3-4-12)20-15(17(13)25)19(26)22-28-20/h5-6,10-12H,3-4,7-9,21H2,1-2H3,(H,22,26)/t10?,11-/m1/s1. The quantitative estimate of drug-likeness (QED) is 0.702. The van der Waals surface area contributed by atoms with Crippen molar-refractivity contribution < 1.29 is 4.74 Å². The van der Waals surface area contributed by atoms with Gasteiger partial charge in [-0.25, -0.2) is 0 Å². The molecule has 1 aliphatic heterocycles. The molecule has 2 aromatic heterocycles. The fourth-order valence-electron chi connectivity index (χ4n) is 4.45. The number of aromatic amines is 1. The highest BCUT2D eigenvalue weighted by atomic mass is 32.1. The van der Waals surface area contributed by atoms with Gasteiger partial charge in [-0.15, -0.1) is 0 Å². The number of aromatic nitrogens is 2. The Morgan fingerprint density at radius 1 is 1.29 bits per heavy atom. The smallest absolute Gasteiger partial charge is 0.271 e. The van der Waals surface area contributed by atoms with Gasteiger partial charge in [-0.2, -0.15) is 0 Å². The molecule has 1 aliphatic carbocycles. The lowest BCUT2D eigenvalue weighted by molar-refractivity contribution is 0.417. The Balaban J connectivity index is 1.80. The molecular weight excluding hydrogens is 376 g/mol. The minimum atomic E-state index is -0.302. The number of rotatable bonds is 4. The van der Waals surface area contributed by atoms with Crippen LogP contribution in [0.15, 0.2) is 21.7 Å². The van der Waals surface area contributed by atoms with Crippen LogP contribution in [-0.2, 0) is 0 Å². The molecule has 7 nitrogen and oxygen atoms in total. The number of nitrogens with two attached hydrogens (primary N) is 1. The third-order valence-corrected chi connectivity index (χ3v) is 7.03. The molecule has 28 heavy (non-hydrogen) atoms. The van der Waals surface area contributed by atoms with Crippen LogP contribution < -0.4 is 26.4 Å². The first-order chi connectivity index (χ1) is 13.5. The molecule has 1 saturated carbocycles. The zero-order valence-electron chi connectivity index (χ0n) is 16.0. The average molecular weight is 401 g/mol. The number of hydrogen-bond acceptors (Lipinski definition) is 6. The van der Waals surface area contributed by atoms with Gasteiger partial charge < -0.3 is 19.9 Å². The van der Waals surface area contributed by atoms with Crippen LogP contribution in [0.5, 0.6) is 5.75 Å². The highest BCUT2D eigenvalue weighted by Gasteiger charge is 2.32. The fraction of sp³-hybridized carbons (Fsp3) is 0.500. The Morgan fingerprint density at radius 3 is 2.71 bits per heavy atom. The molecule has 1 aromatic carbocycles. The van der Waals surface area contributed by atoms with Crippen molar-refractivity contribution in [1.29, 1.82) is 0 Å². The van der Waals surface area contributed by atoms with Crippen molar-refractivity contribution in [3.05, 3.63) is 32.7 Å². The molecule has 3 N–H and O–H groups in total. The first-order valence-corrected chi connectivity index (χ1v) is 10.6. The zero-order chi connectivity index (χ0) is 19.6. The number of pyridine rings is 1. The molecule has 148 valence electrons. The van der Waals surface area contributed by atoms with Gasteiger partial charge in [0.15, 0.2) is 5.75 Å². The largest absolute Gasteiger partial charge is 0.492 e. The number of anilines is 1. The molecule has 0 radical (unpaired) electrons. The second kappa shape index (κ2) is 6.35. The summed E-state index contributed by atoms with van der Waals surface area (Å²) in [6.07, 6.45) is 3.14. The monoisotopic (exact) mass is 400 g/mol. The van der Waals surface area contributed by atoms with E-state index in [1.807, 2.05) is 12.1 Å². The van der Waals surface area contributed by atoms with E-state index in [0.717, 1.165) is 54.1 Å². The van der Waals surface area contributed by atoms with Gasteiger partial charge in [-0.1, -0.05) is 0 Å². The van der Waals surface area contributed by atoms with Gasteiger partial charge in [0.05, 0.1) is 23.7 Å². The van der Waals surface area contributed by atoms with Crippen molar-refractivity contribution in [3.63, 3.8) is 0 Å². The average Bonchev–Trinajstić information content (AvgIpc) is 3.25. The number of ether oxygens (including phenoxy) is 1. The number of benzene rings is 1. The van der Waals surface area contributed by atoms with Crippen molar-refractivity contribution >= 4 is 38.3 Å². The SMILES string of the molecule is COc1c(N2CC[C@@H](C(C)N)C2)ccc2c(=O)c3c(=O)[nH]sc3n(C3CC3)c12. The maximum Gasteiger partial charge on any atom is 0.271 e. The number of nitrogens with zero attached hydrogens (tertiary/aromatic N) is 2. The lowest BCUT2D eigenvalue weighted by Gasteiger charge is -2.24. The minimum absolute atomic E-state index is 0.151. The van der Waals surface area contributed by atoms with Gasteiger partial charge >= 0.3 is 0 Å². The van der Waals surface area contributed by atoms with Crippen molar-refractivity contribution in [2.45, 2.75) is 38.3 Å². The van der Waals surface area contributed by atoms with Crippen molar-refractivity contribution in [2.24, 2.45) is 11.7 Å². The molecule has 2 aliphatic rings. The van der Waals surface area contributed by atoms with Crippen molar-refractivity contribution in [1.82, 2.24) is 8.94 Å². The van der Waals surface area contributed by atoms with Crippen LogP contribution in [0.25, 0.3) is 21.1 Å². The Hall–Kier alpha value is -2.32. The molecule has 2 fully saturated rings. The summed E-state index contributed by atoms with van der Waals surface area (Å²) in [5, 5.41) is 0.809. The van der Waals surface area contributed by atoms with E-state index in [2.05, 4.69) is 20.8 Å². The molecule has 1 saturated heterocycles. The molecule has 3 heterocycles. The number of methoxy groups -OCH3 is 1. The van der Waals surface area contributed by atoms with Crippen LogP contribution in [0.1, 0.15) is 32.2 Å². The van der Waals surface area contributed by atoms with E-state index in [4.69, 9.17) is 10.5 Å². The lowest BCUT2D eigenvalue weighted by Crippen LogP contribution is -2.30. The van der Waals surface area contributed by atoms with Gasteiger partial charge in [-0.05, 0) is 55.8 Å². The zero-order valence-corrected chi connectivity index (χ0v) is 16.8. The molecule has 0 spiro atoms. The van der Waals surface area contributed by atoms with E-state index in [0.29, 0.717) is 17.3 Å². The van der Waals surface area contributed by atoms with Crippen LogP contribution in [0.2, 0.25) is 0 Å². The van der Waals surface area contributed by atoms with E-state index in [1.165, 1.54) is 11.5 Å². The number of fused-ring (bicyclic) bond motifs is 2. The van der Waals surface area contributed by atoms with Crippen LogP contribution in [0.4, 0.5) is 5.69 Å². The van der Waals surface area contributed by atoms with Crippen LogP contribution >= 0.6 is 11.5 Å². The molecule has 3 aromatic rings. The molecule has 5 rings (SSSR count). The predicted molar refractivity (Wildman–Crippen MR) is 113 cm³/mol. The van der Waals surface area contributed by atoms with Crippen molar-refractivity contribution in [3.8, 4) is 5.75 Å². The normalized spacial score (nSPS) is 21.0. The first-order valence-electron chi connectivity index (χ1n) is 9.78. The van der Waals surface area contributed by atoms with Crippen LogP contribution in [0, 0.1) is 5.92 Å². The second-order valence-electron chi connectivity index (χ2n) is 8.01. The van der Waals surface area contributed by atoms with E-state index >= 15 is 0 Å². The van der Waals surface area contributed by atoms with Gasteiger partial charge in [0.25, 0.3) is 5.56 Å². The van der Waals surface area contributed by atoms with Gasteiger partial charge in [0.2, 0.25) is 5.43 Å². The lowest BCUT2D eigenvalue weighted by atomic mass is 10.0. The van der Waals surface area contributed by atoms with E-state index in [1.54, 1.807) is 7.11 Å². The van der Waals surface area contributed by atoms with E-state index < -0.39 is 0 Å². The van der Waals surface area contributed by atoms with Crippen LogP contribution in [-0.4, -0.2) is 35.2 Å². The molecular formula is C20H24N4O3S. The molecule has 1 unspecified atom stereocenters. The maximum atomic E-state index is 13.1. The van der Waals surface area contributed by atoms with Gasteiger partial charge in [0, 0.05) is 25.2 Å². The Kier molecular flexibility index (Phi) is 4.03. The summed E-state index contributed by atoms with van der Waals surface area (Å²) in [6.45, 7) is 3.86. The first kappa shape index (κ1) is 17.8. The number of nitrogens with one attached hydrogen (secondary N) is 1. The second-order valence-corrected chi connectivity index (χ2v) is 8.81. The summed E-state index contributed by atoms with van der Waals surface area (Å²) in [7, 11) is 1.66. The maximum absolute atomic E-state index is 13.1. The highest BCUT2D eigenvalue weighted by Crippen LogP contribution is 2.45. The summed E-state index contributed by atoms with van der Waals surface area (Å²) in [6, 6.07) is 4.26. The Morgan fingerprint density at radius 2 is 2.07 bits per heavy atom. The molecule has 2 atom stereocenters. The molecule has 0 bridgehead atoms. The predicted octanol–water partition coefficient (Wildman–Crippen LogP) is 2.42. The third-order valence-electron chi connectivity index (χ3n) is 6.15. The van der Waals surface area contributed by atoms with Crippen molar-refractivity contribution in [2.75, 3.05) is 25.1 Å². The van der Waals surface area contributed by atoms with E-state index in [-0.39, 0.29) is 22.4 Å². The number of hydrogen-bond donors (Lipinski definition) is 2. The summed E-state index contributed by atoms with van der Waals surface area (Å²) < 4.78 is 10.8. The third kappa shape index (κ3) is 2.51.